The average molecular weight is 651 g/mol. The first-order valence-corrected chi connectivity index (χ1v) is 16.2. The second-order valence-corrected chi connectivity index (χ2v) is 11.7. The Morgan fingerprint density at radius 3 is 2.08 bits per heavy atom. The van der Waals surface area contributed by atoms with Crippen molar-refractivity contribution in [1.82, 2.24) is 4.90 Å². The van der Waals surface area contributed by atoms with Gasteiger partial charge in [-0.1, -0.05) is 74.6 Å². The molecular weight excluding hydrogens is 608 g/mol. The summed E-state index contributed by atoms with van der Waals surface area (Å²) in [6, 6.07) is 27.4. The second-order valence-electron chi connectivity index (χ2n) is 11.7. The van der Waals surface area contributed by atoms with E-state index in [4.69, 9.17) is 9.47 Å². The van der Waals surface area contributed by atoms with E-state index in [1.807, 2.05) is 31.2 Å². The molecule has 0 saturated carbocycles. The number of esters is 1. The average Bonchev–Trinajstić information content (AvgIpc) is 3.07. The lowest BCUT2D eigenvalue weighted by atomic mass is 10.1. The Hall–Kier alpha value is -5.44. The van der Waals surface area contributed by atoms with Crippen LogP contribution in [0.15, 0.2) is 97.1 Å². The fourth-order valence-corrected chi connectivity index (χ4v) is 5.09. The van der Waals surface area contributed by atoms with Crippen molar-refractivity contribution < 1.29 is 33.8 Å². The van der Waals surface area contributed by atoms with E-state index in [1.54, 1.807) is 72.8 Å². The normalized spacial score (nSPS) is 10.6. The Balaban J connectivity index is 1.29. The highest BCUT2D eigenvalue weighted by molar-refractivity contribution is 5.97. The number of amides is 2. The Morgan fingerprint density at radius 2 is 1.42 bits per heavy atom. The monoisotopic (exact) mass is 650 g/mol. The van der Waals surface area contributed by atoms with Crippen LogP contribution in [0.5, 0.6) is 11.5 Å². The summed E-state index contributed by atoms with van der Waals surface area (Å²) in [6.07, 6.45) is 5.98. The number of hydrogen-bond donors (Lipinski definition) is 2. The number of anilines is 1. The molecule has 0 aromatic heterocycles. The summed E-state index contributed by atoms with van der Waals surface area (Å²) in [5.74, 6) is -1.33. The third-order valence-electron chi connectivity index (χ3n) is 7.59. The number of carboxylic acids is 1. The molecule has 0 fully saturated rings. The Morgan fingerprint density at radius 1 is 0.750 bits per heavy atom. The highest BCUT2D eigenvalue weighted by Gasteiger charge is 2.20. The molecule has 4 aromatic carbocycles. The van der Waals surface area contributed by atoms with Crippen LogP contribution < -0.4 is 14.8 Å². The highest BCUT2D eigenvalue weighted by Crippen LogP contribution is 2.20. The lowest BCUT2D eigenvalue weighted by Crippen LogP contribution is -2.35. The molecule has 9 nitrogen and oxygen atoms in total. The maximum atomic E-state index is 13.3. The largest absolute Gasteiger partial charge is 0.494 e. The molecule has 0 saturated heterocycles. The zero-order valence-electron chi connectivity index (χ0n) is 27.4. The molecule has 0 atom stereocenters. The van der Waals surface area contributed by atoms with Crippen LogP contribution in [0.1, 0.15) is 76.4 Å². The van der Waals surface area contributed by atoms with Crippen molar-refractivity contribution in [3.63, 3.8) is 0 Å². The van der Waals surface area contributed by atoms with Gasteiger partial charge in [0.05, 0.1) is 18.6 Å². The number of rotatable bonds is 17. The van der Waals surface area contributed by atoms with E-state index in [1.165, 1.54) is 24.2 Å². The van der Waals surface area contributed by atoms with Gasteiger partial charge in [-0.05, 0) is 85.1 Å². The Labute approximate surface area is 281 Å². The number of hydrogen-bond acceptors (Lipinski definition) is 6. The molecule has 0 bridgehead atoms. The fraction of sp³-hybridized carbons (Fsp3) is 0.282. The van der Waals surface area contributed by atoms with Gasteiger partial charge < -0.3 is 24.8 Å². The number of carbonyl (C=O) groups excluding carboxylic acids is 3. The molecule has 48 heavy (non-hydrogen) atoms. The molecule has 0 aliphatic carbocycles. The molecule has 0 aliphatic rings. The van der Waals surface area contributed by atoms with Gasteiger partial charge in [0.2, 0.25) is 5.91 Å². The summed E-state index contributed by atoms with van der Waals surface area (Å²) in [5.41, 5.74) is 3.80. The van der Waals surface area contributed by atoms with Crippen LogP contribution in [0.25, 0.3) is 0 Å². The van der Waals surface area contributed by atoms with E-state index in [0.717, 1.165) is 24.0 Å². The smallest absolute Gasteiger partial charge is 0.343 e. The number of benzene rings is 4. The minimum Gasteiger partial charge on any atom is -0.494 e. The minimum atomic E-state index is -1.16. The quantitative estimate of drug-likeness (QED) is 0.0691. The predicted molar refractivity (Wildman–Crippen MR) is 184 cm³/mol. The summed E-state index contributed by atoms with van der Waals surface area (Å²) in [5, 5.41) is 12.3. The summed E-state index contributed by atoms with van der Waals surface area (Å²) in [6.45, 7) is 4.29. The van der Waals surface area contributed by atoms with Crippen LogP contribution in [0.2, 0.25) is 0 Å². The van der Waals surface area contributed by atoms with Gasteiger partial charge in [0.15, 0.2) is 0 Å². The minimum absolute atomic E-state index is 0.0222. The number of aryl methyl sites for hydroxylation is 1. The number of aliphatic carboxylic acids is 1. The maximum absolute atomic E-state index is 13.3. The van der Waals surface area contributed by atoms with Crippen molar-refractivity contribution in [3.8, 4) is 11.5 Å². The first-order valence-electron chi connectivity index (χ1n) is 16.2. The van der Waals surface area contributed by atoms with Gasteiger partial charge in [-0.3, -0.25) is 14.4 Å². The summed E-state index contributed by atoms with van der Waals surface area (Å²) in [7, 11) is 0. The molecular formula is C39H42N2O7. The van der Waals surface area contributed by atoms with Crippen molar-refractivity contribution in [2.24, 2.45) is 0 Å². The van der Waals surface area contributed by atoms with E-state index in [0.29, 0.717) is 34.9 Å². The molecule has 4 rings (SSSR count). The van der Waals surface area contributed by atoms with Gasteiger partial charge >= 0.3 is 11.9 Å². The number of carbonyl (C=O) groups is 4. The molecule has 2 amide bonds. The second kappa shape index (κ2) is 18.0. The first kappa shape index (κ1) is 35.4. The third-order valence-corrected chi connectivity index (χ3v) is 7.59. The van der Waals surface area contributed by atoms with E-state index >= 15 is 0 Å². The molecule has 0 spiro atoms. The zero-order valence-corrected chi connectivity index (χ0v) is 27.4. The Kier molecular flexibility index (Phi) is 13.3. The number of nitrogens with one attached hydrogen (secondary N) is 1. The first-order chi connectivity index (χ1) is 23.2. The van der Waals surface area contributed by atoms with Crippen LogP contribution >= 0.6 is 0 Å². The molecule has 0 unspecified atom stereocenters. The SMILES string of the molecule is CCCCCCCOc1ccc(C(=O)Oc2ccc(CN(CC(=O)O)C(=O)c3ccc(NC(=O)Cc4cccc(C)c4)cc3)cc2)cc1. The summed E-state index contributed by atoms with van der Waals surface area (Å²) < 4.78 is 11.3. The number of carboxylic acid groups (broad SMARTS) is 1. The van der Waals surface area contributed by atoms with Crippen LogP contribution in [-0.2, 0) is 22.6 Å². The van der Waals surface area contributed by atoms with Gasteiger partial charge in [-0.25, -0.2) is 4.79 Å². The number of ether oxygens (including phenoxy) is 2. The fourth-order valence-electron chi connectivity index (χ4n) is 5.09. The van der Waals surface area contributed by atoms with E-state index < -0.39 is 24.4 Å². The maximum Gasteiger partial charge on any atom is 0.343 e. The molecule has 250 valence electrons. The standard InChI is InChI=1S/C39H42N2O7/c1-3-4-5-6-7-23-47-34-21-15-32(16-22-34)39(46)48-35-19-11-29(12-20-35)26-41(27-37(43)44)38(45)31-13-17-33(18-14-31)40-36(42)25-30-10-8-9-28(2)24-30/h8-22,24H,3-7,23,25-27H2,1-2H3,(H,40,42)(H,43,44). The van der Waals surface area contributed by atoms with Crippen molar-refractivity contribution in [2.45, 2.75) is 58.9 Å². The zero-order chi connectivity index (χ0) is 34.3. The molecule has 9 heteroatoms. The molecule has 0 aliphatic heterocycles. The van der Waals surface area contributed by atoms with Gasteiger partial charge in [-0.2, -0.15) is 0 Å². The van der Waals surface area contributed by atoms with Crippen LogP contribution in [-0.4, -0.2) is 46.9 Å². The van der Waals surface area contributed by atoms with Crippen molar-refractivity contribution >= 4 is 29.4 Å². The summed E-state index contributed by atoms with van der Waals surface area (Å²) >= 11 is 0. The molecule has 2 N–H and O–H groups in total. The third kappa shape index (κ3) is 11.4. The van der Waals surface area contributed by atoms with Crippen molar-refractivity contribution in [3.05, 3.63) is 125 Å². The van der Waals surface area contributed by atoms with Crippen LogP contribution in [0, 0.1) is 6.92 Å². The van der Waals surface area contributed by atoms with E-state index in [2.05, 4.69) is 12.2 Å². The lowest BCUT2D eigenvalue weighted by Gasteiger charge is -2.21. The van der Waals surface area contributed by atoms with Crippen LogP contribution in [0.4, 0.5) is 5.69 Å². The van der Waals surface area contributed by atoms with Gasteiger partial charge in [0.25, 0.3) is 5.91 Å². The highest BCUT2D eigenvalue weighted by atomic mass is 16.5. The van der Waals surface area contributed by atoms with Crippen molar-refractivity contribution in [2.75, 3.05) is 18.5 Å². The number of unbranched alkanes of at least 4 members (excludes halogenated alkanes) is 4. The van der Waals surface area contributed by atoms with E-state index in [9.17, 15) is 24.3 Å². The number of nitrogens with zero attached hydrogens (tertiary/aromatic N) is 1. The lowest BCUT2D eigenvalue weighted by molar-refractivity contribution is -0.137. The summed E-state index contributed by atoms with van der Waals surface area (Å²) in [4.78, 5) is 51.3. The Bertz CT molecular complexity index is 1670. The van der Waals surface area contributed by atoms with E-state index in [-0.39, 0.29) is 24.4 Å². The van der Waals surface area contributed by atoms with Gasteiger partial charge in [0.1, 0.15) is 18.0 Å². The van der Waals surface area contributed by atoms with Crippen LogP contribution in [0.3, 0.4) is 0 Å². The predicted octanol–water partition coefficient (Wildman–Crippen LogP) is 7.47. The van der Waals surface area contributed by atoms with Gasteiger partial charge in [0, 0.05) is 17.8 Å². The molecule has 0 heterocycles. The topological polar surface area (TPSA) is 122 Å². The molecule has 4 aromatic rings. The molecule has 0 radical (unpaired) electrons. The van der Waals surface area contributed by atoms with Crippen molar-refractivity contribution in [1.29, 1.82) is 0 Å². The van der Waals surface area contributed by atoms with Gasteiger partial charge in [-0.15, -0.1) is 0 Å².